The Morgan fingerprint density at radius 2 is 1.91 bits per heavy atom. The second-order valence-corrected chi connectivity index (χ2v) is 6.86. The van der Waals surface area contributed by atoms with Crippen molar-refractivity contribution in [2.45, 2.75) is 44.8 Å². The Bertz CT molecular complexity index is 836. The average Bonchev–Trinajstić information content (AvgIpc) is 2.41. The van der Waals surface area contributed by atoms with Crippen molar-refractivity contribution >= 4 is 16.7 Å². The molecule has 1 aromatic carbocycles. The van der Waals surface area contributed by atoms with Crippen molar-refractivity contribution in [3.63, 3.8) is 0 Å². The molecule has 0 bridgehead atoms. The van der Waals surface area contributed by atoms with Crippen LogP contribution in [0.2, 0.25) is 0 Å². The Morgan fingerprint density at radius 1 is 1.26 bits per heavy atom. The molecule has 0 saturated heterocycles. The van der Waals surface area contributed by atoms with E-state index in [0.29, 0.717) is 6.07 Å². The molecular formula is C17H18F3NO2. The highest BCUT2D eigenvalue weighted by Crippen LogP contribution is 2.45. The Kier molecular flexibility index (Phi) is 3.29. The fourth-order valence-corrected chi connectivity index (χ4v) is 3.46. The SMILES string of the molecule is CC1CC(C)(C)N(C)c2cc3oc(=O)cc(C(F)(F)F)c3cc21. The van der Waals surface area contributed by atoms with Gasteiger partial charge in [0.2, 0.25) is 0 Å². The number of halogens is 3. The largest absolute Gasteiger partial charge is 0.423 e. The van der Waals surface area contributed by atoms with E-state index in [2.05, 4.69) is 13.8 Å². The molecule has 0 fully saturated rings. The summed E-state index contributed by atoms with van der Waals surface area (Å²) < 4.78 is 44.7. The lowest BCUT2D eigenvalue weighted by Crippen LogP contribution is -2.45. The predicted octanol–water partition coefficient (Wildman–Crippen LogP) is 4.53. The number of anilines is 1. The molecule has 1 aromatic heterocycles. The van der Waals surface area contributed by atoms with Gasteiger partial charge >= 0.3 is 11.8 Å². The lowest BCUT2D eigenvalue weighted by molar-refractivity contribution is -0.136. The molecule has 3 nitrogen and oxygen atoms in total. The van der Waals surface area contributed by atoms with Crippen LogP contribution in [0.15, 0.2) is 27.4 Å². The molecule has 1 aliphatic rings. The van der Waals surface area contributed by atoms with E-state index in [-0.39, 0.29) is 22.4 Å². The average molecular weight is 325 g/mol. The van der Waals surface area contributed by atoms with Gasteiger partial charge in [-0.25, -0.2) is 4.79 Å². The van der Waals surface area contributed by atoms with Gasteiger partial charge in [-0.15, -0.1) is 0 Å². The molecule has 1 unspecified atom stereocenters. The van der Waals surface area contributed by atoms with Crippen LogP contribution in [0, 0.1) is 0 Å². The monoisotopic (exact) mass is 325 g/mol. The molecule has 124 valence electrons. The van der Waals surface area contributed by atoms with Crippen LogP contribution in [0.25, 0.3) is 11.0 Å². The third kappa shape index (κ3) is 2.50. The molecule has 6 heteroatoms. The summed E-state index contributed by atoms with van der Waals surface area (Å²) in [6.45, 7) is 6.17. The van der Waals surface area contributed by atoms with Crippen LogP contribution in [0.4, 0.5) is 18.9 Å². The molecule has 0 saturated carbocycles. The second kappa shape index (κ2) is 4.76. The van der Waals surface area contributed by atoms with E-state index in [1.54, 1.807) is 6.07 Å². The summed E-state index contributed by atoms with van der Waals surface area (Å²) in [4.78, 5) is 13.5. The number of fused-ring (bicyclic) bond motifs is 2. The molecular weight excluding hydrogens is 307 g/mol. The zero-order valence-corrected chi connectivity index (χ0v) is 13.4. The van der Waals surface area contributed by atoms with Crippen molar-refractivity contribution in [1.82, 2.24) is 0 Å². The van der Waals surface area contributed by atoms with Crippen molar-refractivity contribution in [2.24, 2.45) is 0 Å². The second-order valence-electron chi connectivity index (χ2n) is 6.86. The van der Waals surface area contributed by atoms with E-state index < -0.39 is 17.4 Å². The van der Waals surface area contributed by atoms with Gasteiger partial charge in [-0.1, -0.05) is 6.92 Å². The van der Waals surface area contributed by atoms with E-state index in [1.165, 1.54) is 6.07 Å². The maximum Gasteiger partial charge on any atom is 0.417 e. The first-order chi connectivity index (χ1) is 10.5. The van der Waals surface area contributed by atoms with Gasteiger partial charge in [-0.3, -0.25) is 0 Å². The fraction of sp³-hybridized carbons (Fsp3) is 0.471. The van der Waals surface area contributed by atoms with Crippen LogP contribution < -0.4 is 10.5 Å². The van der Waals surface area contributed by atoms with Gasteiger partial charge in [-0.05, 0) is 37.8 Å². The van der Waals surface area contributed by atoms with Gasteiger partial charge in [0.1, 0.15) is 5.58 Å². The van der Waals surface area contributed by atoms with Crippen molar-refractivity contribution in [1.29, 1.82) is 0 Å². The van der Waals surface area contributed by atoms with E-state index >= 15 is 0 Å². The molecule has 0 amide bonds. The third-order valence-corrected chi connectivity index (χ3v) is 4.80. The minimum atomic E-state index is -4.59. The van der Waals surface area contributed by atoms with Crippen LogP contribution >= 0.6 is 0 Å². The summed E-state index contributed by atoms with van der Waals surface area (Å²) in [6, 6.07) is 3.60. The molecule has 1 atom stereocenters. The Labute approximate surface area is 131 Å². The topological polar surface area (TPSA) is 33.5 Å². The number of hydrogen-bond donors (Lipinski definition) is 0. The first kappa shape index (κ1) is 15.9. The number of nitrogens with zero attached hydrogens (tertiary/aromatic N) is 1. The Balaban J connectivity index is 2.36. The molecule has 0 aliphatic carbocycles. The molecule has 0 radical (unpaired) electrons. The van der Waals surface area contributed by atoms with Gasteiger partial charge in [-0.2, -0.15) is 13.2 Å². The predicted molar refractivity (Wildman–Crippen MR) is 83.0 cm³/mol. The molecule has 3 rings (SSSR count). The molecule has 23 heavy (non-hydrogen) atoms. The van der Waals surface area contributed by atoms with Crippen LogP contribution in [-0.4, -0.2) is 12.6 Å². The zero-order valence-electron chi connectivity index (χ0n) is 13.4. The van der Waals surface area contributed by atoms with E-state index in [4.69, 9.17) is 4.42 Å². The van der Waals surface area contributed by atoms with Crippen LogP contribution in [-0.2, 0) is 6.18 Å². The summed E-state index contributed by atoms with van der Waals surface area (Å²) in [5.74, 6) is 0.119. The summed E-state index contributed by atoms with van der Waals surface area (Å²) in [7, 11) is 1.91. The lowest BCUT2D eigenvalue weighted by Gasteiger charge is -2.45. The van der Waals surface area contributed by atoms with Gasteiger partial charge in [0, 0.05) is 35.8 Å². The third-order valence-electron chi connectivity index (χ3n) is 4.80. The lowest BCUT2D eigenvalue weighted by atomic mass is 9.80. The van der Waals surface area contributed by atoms with Crippen LogP contribution in [0.3, 0.4) is 0 Å². The number of benzene rings is 1. The fourth-order valence-electron chi connectivity index (χ4n) is 3.46. The molecule has 2 aromatic rings. The maximum absolute atomic E-state index is 13.2. The Morgan fingerprint density at radius 3 is 2.52 bits per heavy atom. The highest BCUT2D eigenvalue weighted by Gasteiger charge is 2.37. The number of alkyl halides is 3. The van der Waals surface area contributed by atoms with Crippen LogP contribution in [0.5, 0.6) is 0 Å². The number of hydrogen-bond acceptors (Lipinski definition) is 3. The van der Waals surface area contributed by atoms with E-state index in [9.17, 15) is 18.0 Å². The van der Waals surface area contributed by atoms with Gasteiger partial charge in [0.15, 0.2) is 0 Å². The standard InChI is InChI=1S/C17H18F3NO2/c1-9-8-16(2,3)21(4)13-7-14-11(5-10(9)13)12(17(18,19)20)6-15(22)23-14/h5-7,9H,8H2,1-4H3. The summed E-state index contributed by atoms with van der Waals surface area (Å²) >= 11 is 0. The van der Waals surface area contributed by atoms with Crippen molar-refractivity contribution < 1.29 is 17.6 Å². The summed E-state index contributed by atoms with van der Waals surface area (Å²) in [5, 5.41) is -0.0594. The zero-order chi connectivity index (χ0) is 17.2. The minimum Gasteiger partial charge on any atom is -0.423 e. The maximum atomic E-state index is 13.2. The van der Waals surface area contributed by atoms with Crippen LogP contribution in [0.1, 0.15) is 44.2 Å². The van der Waals surface area contributed by atoms with E-state index in [0.717, 1.165) is 17.7 Å². The highest BCUT2D eigenvalue weighted by molar-refractivity contribution is 5.86. The number of rotatable bonds is 0. The molecule has 1 aliphatic heterocycles. The Hall–Kier alpha value is -1.98. The van der Waals surface area contributed by atoms with Crippen molar-refractivity contribution in [3.8, 4) is 0 Å². The van der Waals surface area contributed by atoms with Gasteiger partial charge in [0.25, 0.3) is 0 Å². The van der Waals surface area contributed by atoms with Gasteiger partial charge in [0.05, 0.1) is 5.56 Å². The van der Waals surface area contributed by atoms with Crippen molar-refractivity contribution in [3.05, 3.63) is 39.7 Å². The summed E-state index contributed by atoms with van der Waals surface area (Å²) in [5.41, 5.74) is -0.424. The highest BCUT2D eigenvalue weighted by atomic mass is 19.4. The quantitative estimate of drug-likeness (QED) is 0.667. The molecule has 0 spiro atoms. The molecule has 2 heterocycles. The normalized spacial score (nSPS) is 20.7. The first-order valence-corrected chi connectivity index (χ1v) is 7.43. The smallest absolute Gasteiger partial charge is 0.417 e. The van der Waals surface area contributed by atoms with E-state index in [1.807, 2.05) is 18.9 Å². The summed E-state index contributed by atoms with van der Waals surface area (Å²) in [6.07, 6.45) is -3.76. The van der Waals surface area contributed by atoms with Gasteiger partial charge < -0.3 is 9.32 Å². The van der Waals surface area contributed by atoms with Crippen molar-refractivity contribution in [2.75, 3.05) is 11.9 Å². The first-order valence-electron chi connectivity index (χ1n) is 7.43. The molecule has 0 N–H and O–H groups in total. The minimum absolute atomic E-state index is 0.0275.